The van der Waals surface area contributed by atoms with E-state index in [2.05, 4.69) is 20.2 Å². The predicted molar refractivity (Wildman–Crippen MR) is 92.0 cm³/mol. The van der Waals surface area contributed by atoms with Crippen molar-refractivity contribution in [3.63, 3.8) is 0 Å². The number of carbonyl (C=O) groups excluding carboxylic acids is 1. The summed E-state index contributed by atoms with van der Waals surface area (Å²) in [6.45, 7) is -0.0125. The first-order chi connectivity index (χ1) is 11.9. The number of halogens is 1. The van der Waals surface area contributed by atoms with E-state index in [1.54, 1.807) is 36.4 Å². The quantitative estimate of drug-likeness (QED) is 0.616. The van der Waals surface area contributed by atoms with Gasteiger partial charge in [-0.25, -0.2) is 13.1 Å². The molecule has 3 aromatic rings. The van der Waals surface area contributed by atoms with Crippen LogP contribution in [0.3, 0.4) is 0 Å². The third kappa shape index (κ3) is 4.42. The molecule has 0 saturated carbocycles. The second-order valence-electron chi connectivity index (χ2n) is 4.74. The number of hydrogen-bond donors (Lipinski definition) is 2. The second-order valence-corrected chi connectivity index (χ2v) is 8.09. The molecular weight excluding hydrogens is 388 g/mol. The average Bonchev–Trinajstić information content (AvgIpc) is 3.25. The van der Waals surface area contributed by atoms with Crippen molar-refractivity contribution in [3.05, 3.63) is 59.0 Å². The number of nitrogens with zero attached hydrogens (tertiary/aromatic N) is 2. The molecule has 25 heavy (non-hydrogen) atoms. The lowest BCUT2D eigenvalue weighted by atomic mass is 10.2. The summed E-state index contributed by atoms with van der Waals surface area (Å²) in [5.74, 6) is 0.0182. The Balaban J connectivity index is 1.66. The maximum atomic E-state index is 12.2. The van der Waals surface area contributed by atoms with Gasteiger partial charge in [0.2, 0.25) is 9.47 Å². The van der Waals surface area contributed by atoms with Gasteiger partial charge in [0.15, 0.2) is 0 Å². The summed E-state index contributed by atoms with van der Waals surface area (Å²) < 4.78 is 31.5. The van der Waals surface area contributed by atoms with E-state index in [-0.39, 0.29) is 16.0 Å². The van der Waals surface area contributed by atoms with Crippen molar-refractivity contribution in [2.75, 3.05) is 5.32 Å². The number of furan rings is 1. The Kier molecular flexibility index (Phi) is 5.13. The number of sulfonamides is 1. The lowest BCUT2D eigenvalue weighted by Gasteiger charge is -2.01. The number of benzene rings is 1. The lowest BCUT2D eigenvalue weighted by Crippen LogP contribution is -2.22. The molecule has 0 bridgehead atoms. The van der Waals surface area contributed by atoms with Gasteiger partial charge in [-0.15, -0.1) is 10.2 Å². The van der Waals surface area contributed by atoms with Crippen LogP contribution in [0.4, 0.5) is 5.13 Å². The van der Waals surface area contributed by atoms with Crippen LogP contribution in [0.15, 0.2) is 51.4 Å². The van der Waals surface area contributed by atoms with Gasteiger partial charge in [-0.1, -0.05) is 22.9 Å². The summed E-state index contributed by atoms with van der Waals surface area (Å²) in [5.41, 5.74) is 0.361. The first-order valence-electron chi connectivity index (χ1n) is 6.86. The molecule has 0 unspecified atom stereocenters. The van der Waals surface area contributed by atoms with Crippen LogP contribution in [0.1, 0.15) is 16.1 Å². The number of rotatable bonds is 6. The van der Waals surface area contributed by atoms with Gasteiger partial charge in [0.1, 0.15) is 5.76 Å². The Bertz CT molecular complexity index is 969. The van der Waals surface area contributed by atoms with Crippen molar-refractivity contribution in [3.8, 4) is 0 Å². The van der Waals surface area contributed by atoms with Crippen LogP contribution in [0.2, 0.25) is 5.02 Å². The highest BCUT2D eigenvalue weighted by atomic mass is 35.5. The second kappa shape index (κ2) is 7.31. The molecule has 3 rings (SSSR count). The summed E-state index contributed by atoms with van der Waals surface area (Å²) in [6.07, 6.45) is 1.44. The van der Waals surface area contributed by atoms with Gasteiger partial charge in [0, 0.05) is 10.6 Å². The molecule has 1 aromatic carbocycles. The van der Waals surface area contributed by atoms with Gasteiger partial charge in [0.25, 0.3) is 15.9 Å². The minimum Gasteiger partial charge on any atom is -0.468 e. The molecule has 130 valence electrons. The van der Waals surface area contributed by atoms with E-state index < -0.39 is 15.9 Å². The normalized spacial score (nSPS) is 11.4. The molecule has 0 aliphatic rings. The monoisotopic (exact) mass is 398 g/mol. The first-order valence-corrected chi connectivity index (χ1v) is 9.54. The highest BCUT2D eigenvalue weighted by Crippen LogP contribution is 2.21. The van der Waals surface area contributed by atoms with Crippen molar-refractivity contribution in [1.82, 2.24) is 14.9 Å². The third-order valence-electron chi connectivity index (χ3n) is 2.98. The molecule has 0 aliphatic heterocycles. The van der Waals surface area contributed by atoms with Gasteiger partial charge in [-0.2, -0.15) is 0 Å². The molecule has 2 N–H and O–H groups in total. The summed E-state index contributed by atoms with van der Waals surface area (Å²) in [6, 6.07) is 9.53. The maximum Gasteiger partial charge on any atom is 0.270 e. The molecule has 1 amide bonds. The molecule has 0 radical (unpaired) electrons. The van der Waals surface area contributed by atoms with Crippen molar-refractivity contribution >= 4 is 44.0 Å². The Labute approximate surface area is 151 Å². The maximum absolute atomic E-state index is 12.2. The van der Waals surface area contributed by atoms with Crippen LogP contribution in [-0.4, -0.2) is 24.5 Å². The Hall–Kier alpha value is -2.27. The fourth-order valence-corrected chi connectivity index (χ4v) is 3.84. The summed E-state index contributed by atoms with van der Waals surface area (Å²) in [4.78, 5) is 12.1. The first kappa shape index (κ1) is 17.5. The van der Waals surface area contributed by atoms with Gasteiger partial charge in [-0.3, -0.25) is 10.1 Å². The van der Waals surface area contributed by atoms with E-state index in [1.807, 2.05) is 0 Å². The fourth-order valence-electron chi connectivity index (χ4n) is 1.78. The van der Waals surface area contributed by atoms with Crippen LogP contribution >= 0.6 is 22.9 Å². The van der Waals surface area contributed by atoms with Gasteiger partial charge >= 0.3 is 0 Å². The molecule has 11 heteroatoms. The van der Waals surface area contributed by atoms with E-state index in [4.69, 9.17) is 16.0 Å². The standard InChI is InChI=1S/C14H11ClN4O4S2/c15-10-5-3-9(4-6-10)12(20)17-13-18-19-14(24-13)25(21,22)16-8-11-2-1-7-23-11/h1-7,16H,8H2,(H,17,18,20). The number of amides is 1. The van der Waals surface area contributed by atoms with Crippen LogP contribution in [0, 0.1) is 0 Å². The van der Waals surface area contributed by atoms with Crippen LogP contribution in [0.5, 0.6) is 0 Å². The smallest absolute Gasteiger partial charge is 0.270 e. The Morgan fingerprint density at radius 1 is 1.20 bits per heavy atom. The van der Waals surface area contributed by atoms with Crippen molar-refractivity contribution in [1.29, 1.82) is 0 Å². The van der Waals surface area contributed by atoms with Crippen LogP contribution < -0.4 is 10.0 Å². The summed E-state index contributed by atoms with van der Waals surface area (Å²) in [7, 11) is -3.86. The average molecular weight is 399 g/mol. The predicted octanol–water partition coefficient (Wildman–Crippen LogP) is 2.52. The van der Waals surface area contributed by atoms with E-state index in [0.29, 0.717) is 16.3 Å². The molecule has 8 nitrogen and oxygen atoms in total. The number of hydrogen-bond acceptors (Lipinski definition) is 7. The van der Waals surface area contributed by atoms with Gasteiger partial charge < -0.3 is 4.42 Å². The zero-order valence-corrected chi connectivity index (χ0v) is 14.9. The van der Waals surface area contributed by atoms with E-state index >= 15 is 0 Å². The summed E-state index contributed by atoms with van der Waals surface area (Å²) in [5, 5.41) is 10.3. The van der Waals surface area contributed by atoms with E-state index in [0.717, 1.165) is 11.3 Å². The number of aromatic nitrogens is 2. The van der Waals surface area contributed by atoms with E-state index in [1.165, 1.54) is 6.26 Å². The molecule has 0 saturated heterocycles. The highest BCUT2D eigenvalue weighted by molar-refractivity contribution is 7.91. The molecule has 0 atom stereocenters. The lowest BCUT2D eigenvalue weighted by molar-refractivity contribution is 0.102. The zero-order chi connectivity index (χ0) is 17.9. The molecule has 0 aliphatic carbocycles. The number of carbonyl (C=O) groups is 1. The van der Waals surface area contributed by atoms with Crippen molar-refractivity contribution in [2.45, 2.75) is 10.9 Å². The topological polar surface area (TPSA) is 114 Å². The highest BCUT2D eigenvalue weighted by Gasteiger charge is 2.21. The largest absolute Gasteiger partial charge is 0.468 e. The van der Waals surface area contributed by atoms with Crippen molar-refractivity contribution < 1.29 is 17.6 Å². The summed E-state index contributed by atoms with van der Waals surface area (Å²) >= 11 is 6.51. The van der Waals surface area contributed by atoms with Crippen LogP contribution in [-0.2, 0) is 16.6 Å². The fraction of sp³-hybridized carbons (Fsp3) is 0.0714. The number of anilines is 1. The molecule has 2 aromatic heterocycles. The number of nitrogens with one attached hydrogen (secondary N) is 2. The SMILES string of the molecule is O=C(Nc1nnc(S(=O)(=O)NCc2ccco2)s1)c1ccc(Cl)cc1. The van der Waals surface area contributed by atoms with Gasteiger partial charge in [-0.05, 0) is 36.4 Å². The van der Waals surface area contributed by atoms with Crippen molar-refractivity contribution in [2.24, 2.45) is 0 Å². The van der Waals surface area contributed by atoms with E-state index in [9.17, 15) is 13.2 Å². The molecule has 0 fully saturated rings. The molecule has 2 heterocycles. The minimum atomic E-state index is -3.86. The van der Waals surface area contributed by atoms with Gasteiger partial charge in [0.05, 0.1) is 12.8 Å². The minimum absolute atomic E-state index is 0.0125. The van der Waals surface area contributed by atoms with Crippen LogP contribution in [0.25, 0.3) is 0 Å². The molecular formula is C14H11ClN4O4S2. The Morgan fingerprint density at radius 3 is 2.64 bits per heavy atom. The molecule has 0 spiro atoms. The zero-order valence-electron chi connectivity index (χ0n) is 12.5. The Morgan fingerprint density at radius 2 is 1.96 bits per heavy atom. The third-order valence-corrected chi connectivity index (χ3v) is 5.84.